The first kappa shape index (κ1) is 6.08. The summed E-state index contributed by atoms with van der Waals surface area (Å²) in [5.41, 5.74) is 0. The van der Waals surface area contributed by atoms with E-state index in [1.54, 1.807) is 6.20 Å². The Morgan fingerprint density at radius 1 is 1.78 bits per heavy atom. The zero-order valence-corrected chi connectivity index (χ0v) is 5.46. The van der Waals surface area contributed by atoms with Gasteiger partial charge in [0.15, 0.2) is 0 Å². The summed E-state index contributed by atoms with van der Waals surface area (Å²) in [4.78, 5) is 7.06. The second-order valence-corrected chi connectivity index (χ2v) is 1.81. The number of H-pyrrole nitrogens is 1. The molecule has 0 aliphatic rings. The Kier molecular flexibility index (Phi) is 2.07. The van der Waals surface area contributed by atoms with E-state index >= 15 is 0 Å². The van der Waals surface area contributed by atoms with Crippen LogP contribution in [0.5, 0.6) is 0 Å². The Bertz CT molecular complexity index is 175. The quantitative estimate of drug-likeness (QED) is 0.592. The van der Waals surface area contributed by atoms with E-state index < -0.39 is 0 Å². The normalized spacial score (nSPS) is 10.8. The maximum Gasteiger partial charge on any atom is 0.109 e. The van der Waals surface area contributed by atoms with Gasteiger partial charge in [-0.3, -0.25) is 0 Å². The van der Waals surface area contributed by atoms with E-state index in [-0.39, 0.29) is 0 Å². The lowest BCUT2D eigenvalue weighted by atomic mass is 10.4. The van der Waals surface area contributed by atoms with Gasteiger partial charge in [0.2, 0.25) is 0 Å². The lowest BCUT2D eigenvalue weighted by molar-refractivity contribution is 1.06. The molecule has 2 nitrogen and oxygen atoms in total. The predicted molar refractivity (Wildman–Crippen MR) is 37.1 cm³/mol. The Hall–Kier alpha value is -1.05. The third-order valence-electron chi connectivity index (χ3n) is 1.10. The number of nitrogens with zero attached hydrogens (tertiary/aromatic N) is 1. The molecule has 0 aliphatic carbocycles. The van der Waals surface area contributed by atoms with Gasteiger partial charge in [-0.1, -0.05) is 12.2 Å². The summed E-state index contributed by atoms with van der Waals surface area (Å²) >= 11 is 0. The number of hydrogen-bond donors (Lipinski definition) is 1. The van der Waals surface area contributed by atoms with Crippen molar-refractivity contribution in [3.63, 3.8) is 0 Å². The van der Waals surface area contributed by atoms with E-state index in [2.05, 4.69) is 16.0 Å². The number of imidazole rings is 1. The van der Waals surface area contributed by atoms with Gasteiger partial charge >= 0.3 is 0 Å². The van der Waals surface area contributed by atoms with Crippen molar-refractivity contribution in [1.29, 1.82) is 0 Å². The molecule has 0 saturated carbocycles. The first-order valence-electron chi connectivity index (χ1n) is 3.03. The van der Waals surface area contributed by atoms with Crippen LogP contribution in [0.25, 0.3) is 0 Å². The second-order valence-electron chi connectivity index (χ2n) is 1.81. The third-order valence-corrected chi connectivity index (χ3v) is 1.10. The van der Waals surface area contributed by atoms with E-state index in [0.29, 0.717) is 0 Å². The SMILES string of the molecule is CC=CCc1ncc[nH]1. The van der Waals surface area contributed by atoms with Crippen molar-refractivity contribution < 1.29 is 0 Å². The van der Waals surface area contributed by atoms with Gasteiger partial charge in [0.05, 0.1) is 0 Å². The Labute approximate surface area is 54.6 Å². The first-order chi connectivity index (χ1) is 4.43. The van der Waals surface area contributed by atoms with Gasteiger partial charge < -0.3 is 4.98 Å². The van der Waals surface area contributed by atoms with E-state index in [4.69, 9.17) is 0 Å². The molecule has 0 bridgehead atoms. The molecule has 0 fully saturated rings. The summed E-state index contributed by atoms with van der Waals surface area (Å²) in [7, 11) is 0. The minimum absolute atomic E-state index is 0.906. The molecule has 1 aromatic rings. The minimum atomic E-state index is 0.906. The van der Waals surface area contributed by atoms with Crippen molar-refractivity contribution in [3.05, 3.63) is 30.4 Å². The largest absolute Gasteiger partial charge is 0.348 e. The predicted octanol–water partition coefficient (Wildman–Crippen LogP) is 1.53. The maximum absolute atomic E-state index is 4.05. The zero-order valence-electron chi connectivity index (χ0n) is 5.46. The van der Waals surface area contributed by atoms with Crippen molar-refractivity contribution in [1.82, 2.24) is 9.97 Å². The highest BCUT2D eigenvalue weighted by Gasteiger charge is 1.85. The fourth-order valence-electron chi connectivity index (χ4n) is 0.639. The molecule has 0 aliphatic heterocycles. The zero-order chi connectivity index (χ0) is 6.53. The topological polar surface area (TPSA) is 28.7 Å². The van der Waals surface area contributed by atoms with Crippen molar-refractivity contribution >= 4 is 0 Å². The van der Waals surface area contributed by atoms with E-state index in [0.717, 1.165) is 12.2 Å². The molecule has 0 spiro atoms. The number of aromatic nitrogens is 2. The van der Waals surface area contributed by atoms with Crippen molar-refractivity contribution in [2.75, 3.05) is 0 Å². The average molecular weight is 122 g/mol. The lowest BCUT2D eigenvalue weighted by Crippen LogP contribution is -1.81. The highest BCUT2D eigenvalue weighted by Crippen LogP contribution is 1.89. The van der Waals surface area contributed by atoms with Crippen LogP contribution < -0.4 is 0 Å². The van der Waals surface area contributed by atoms with Gasteiger partial charge in [0.25, 0.3) is 0 Å². The molecule has 2 heteroatoms. The van der Waals surface area contributed by atoms with E-state index in [1.165, 1.54) is 0 Å². The van der Waals surface area contributed by atoms with Crippen LogP contribution in [-0.2, 0) is 6.42 Å². The van der Waals surface area contributed by atoms with Gasteiger partial charge in [-0.2, -0.15) is 0 Å². The first-order valence-corrected chi connectivity index (χ1v) is 3.03. The van der Waals surface area contributed by atoms with Gasteiger partial charge in [-0.05, 0) is 6.92 Å². The summed E-state index contributed by atoms with van der Waals surface area (Å²) in [6.45, 7) is 2.00. The van der Waals surface area contributed by atoms with Crippen LogP contribution in [-0.4, -0.2) is 9.97 Å². The van der Waals surface area contributed by atoms with E-state index in [9.17, 15) is 0 Å². The van der Waals surface area contributed by atoms with Crippen molar-refractivity contribution in [3.8, 4) is 0 Å². The van der Waals surface area contributed by atoms with Gasteiger partial charge in [-0.15, -0.1) is 0 Å². The van der Waals surface area contributed by atoms with Crippen LogP contribution in [0.4, 0.5) is 0 Å². The maximum atomic E-state index is 4.05. The summed E-state index contributed by atoms with van der Waals surface area (Å²) in [6.07, 6.45) is 8.59. The minimum Gasteiger partial charge on any atom is -0.348 e. The smallest absolute Gasteiger partial charge is 0.109 e. The molecule has 0 amide bonds. The van der Waals surface area contributed by atoms with Gasteiger partial charge in [0.1, 0.15) is 5.82 Å². The summed E-state index contributed by atoms with van der Waals surface area (Å²) in [6, 6.07) is 0. The highest BCUT2D eigenvalue weighted by atomic mass is 14.9. The molecule has 48 valence electrons. The Morgan fingerprint density at radius 3 is 3.22 bits per heavy atom. The Balaban J connectivity index is 2.48. The summed E-state index contributed by atoms with van der Waals surface area (Å²) < 4.78 is 0. The van der Waals surface area contributed by atoms with Crippen LogP contribution in [0.3, 0.4) is 0 Å². The number of allylic oxidation sites excluding steroid dienone is 2. The third kappa shape index (κ3) is 1.72. The standard InChI is InChI=1S/C7H10N2/c1-2-3-4-7-8-5-6-9-7/h2-3,5-6H,4H2,1H3,(H,8,9). The fraction of sp³-hybridized carbons (Fsp3) is 0.286. The molecule has 1 rings (SSSR count). The molecule has 9 heavy (non-hydrogen) atoms. The van der Waals surface area contributed by atoms with Crippen LogP contribution in [0, 0.1) is 0 Å². The molecular formula is C7H10N2. The summed E-state index contributed by atoms with van der Waals surface area (Å²) in [5, 5.41) is 0. The van der Waals surface area contributed by atoms with Crippen molar-refractivity contribution in [2.45, 2.75) is 13.3 Å². The molecule has 1 aromatic heterocycles. The number of nitrogens with one attached hydrogen (secondary N) is 1. The number of aromatic amines is 1. The summed E-state index contributed by atoms with van der Waals surface area (Å²) in [5.74, 6) is 1.02. The van der Waals surface area contributed by atoms with Gasteiger partial charge in [-0.25, -0.2) is 4.98 Å². The molecule has 1 heterocycles. The monoisotopic (exact) mass is 122 g/mol. The molecule has 0 atom stereocenters. The van der Waals surface area contributed by atoms with E-state index in [1.807, 2.05) is 19.2 Å². The lowest BCUT2D eigenvalue weighted by Gasteiger charge is -1.83. The Morgan fingerprint density at radius 2 is 2.67 bits per heavy atom. The van der Waals surface area contributed by atoms with Crippen LogP contribution in [0.1, 0.15) is 12.7 Å². The fourth-order valence-corrected chi connectivity index (χ4v) is 0.639. The highest BCUT2D eigenvalue weighted by molar-refractivity contribution is 4.95. The van der Waals surface area contributed by atoms with Crippen LogP contribution in [0.2, 0.25) is 0 Å². The second kappa shape index (κ2) is 3.07. The molecule has 0 radical (unpaired) electrons. The molecule has 0 saturated heterocycles. The van der Waals surface area contributed by atoms with Gasteiger partial charge in [0, 0.05) is 18.8 Å². The number of hydrogen-bond acceptors (Lipinski definition) is 1. The molecular weight excluding hydrogens is 112 g/mol. The van der Waals surface area contributed by atoms with Crippen LogP contribution >= 0.6 is 0 Å². The molecule has 0 unspecified atom stereocenters. The number of rotatable bonds is 2. The van der Waals surface area contributed by atoms with Crippen LogP contribution in [0.15, 0.2) is 24.5 Å². The van der Waals surface area contributed by atoms with Crippen molar-refractivity contribution in [2.24, 2.45) is 0 Å². The molecule has 0 aromatic carbocycles. The molecule has 1 N–H and O–H groups in total. The average Bonchev–Trinajstić information content (AvgIpc) is 2.34.